The maximum absolute atomic E-state index is 12.3. The zero-order valence-corrected chi connectivity index (χ0v) is 13.1. The SMILES string of the molecule is CCCN1CCC(NC(=O)c2cccc(OCC)c2)CC1. The number of amides is 1. The van der Waals surface area contributed by atoms with Crippen LogP contribution in [0.15, 0.2) is 24.3 Å². The predicted molar refractivity (Wildman–Crippen MR) is 84.8 cm³/mol. The fraction of sp³-hybridized carbons (Fsp3) is 0.588. The summed E-state index contributed by atoms with van der Waals surface area (Å²) in [5.74, 6) is 0.758. The molecule has 1 N–H and O–H groups in total. The van der Waals surface area contributed by atoms with Gasteiger partial charge in [-0.25, -0.2) is 0 Å². The summed E-state index contributed by atoms with van der Waals surface area (Å²) in [6, 6.07) is 7.68. The first-order chi connectivity index (χ1) is 10.2. The number of rotatable bonds is 6. The van der Waals surface area contributed by atoms with E-state index in [-0.39, 0.29) is 5.91 Å². The lowest BCUT2D eigenvalue weighted by atomic mass is 10.0. The van der Waals surface area contributed by atoms with Crippen LogP contribution < -0.4 is 10.1 Å². The highest BCUT2D eigenvalue weighted by Gasteiger charge is 2.20. The van der Waals surface area contributed by atoms with Crippen LogP contribution in [-0.4, -0.2) is 43.1 Å². The van der Waals surface area contributed by atoms with E-state index in [0.29, 0.717) is 18.2 Å². The second kappa shape index (κ2) is 8.03. The molecule has 1 aliphatic rings. The molecule has 4 nitrogen and oxygen atoms in total. The number of hydrogen-bond acceptors (Lipinski definition) is 3. The van der Waals surface area contributed by atoms with Crippen molar-refractivity contribution in [3.63, 3.8) is 0 Å². The molecule has 0 aliphatic carbocycles. The van der Waals surface area contributed by atoms with Crippen LogP contribution in [0.25, 0.3) is 0 Å². The van der Waals surface area contributed by atoms with Crippen LogP contribution in [-0.2, 0) is 0 Å². The summed E-state index contributed by atoms with van der Waals surface area (Å²) >= 11 is 0. The Morgan fingerprint density at radius 1 is 1.33 bits per heavy atom. The van der Waals surface area contributed by atoms with E-state index in [1.165, 1.54) is 6.42 Å². The van der Waals surface area contributed by atoms with Crippen LogP contribution in [0, 0.1) is 0 Å². The van der Waals surface area contributed by atoms with Gasteiger partial charge in [-0.3, -0.25) is 4.79 Å². The lowest BCUT2D eigenvalue weighted by molar-refractivity contribution is 0.0910. The van der Waals surface area contributed by atoms with E-state index in [1.54, 1.807) is 0 Å². The highest BCUT2D eigenvalue weighted by Crippen LogP contribution is 2.15. The van der Waals surface area contributed by atoms with Crippen LogP contribution in [0.1, 0.15) is 43.5 Å². The van der Waals surface area contributed by atoms with Crippen LogP contribution in [0.5, 0.6) is 5.75 Å². The maximum Gasteiger partial charge on any atom is 0.251 e. The summed E-state index contributed by atoms with van der Waals surface area (Å²) in [5.41, 5.74) is 0.678. The molecule has 0 unspecified atom stereocenters. The van der Waals surface area contributed by atoms with E-state index in [0.717, 1.165) is 38.2 Å². The Morgan fingerprint density at radius 3 is 2.76 bits per heavy atom. The quantitative estimate of drug-likeness (QED) is 0.876. The summed E-state index contributed by atoms with van der Waals surface area (Å²) in [5, 5.41) is 3.15. The largest absolute Gasteiger partial charge is 0.494 e. The summed E-state index contributed by atoms with van der Waals surface area (Å²) in [6.07, 6.45) is 3.27. The first-order valence-corrected chi connectivity index (χ1v) is 7.99. The normalized spacial score (nSPS) is 16.7. The minimum absolute atomic E-state index is 0.00509. The molecule has 4 heteroatoms. The minimum atomic E-state index is 0.00509. The van der Waals surface area contributed by atoms with Gasteiger partial charge in [0.1, 0.15) is 5.75 Å². The van der Waals surface area contributed by atoms with Gasteiger partial charge in [0.25, 0.3) is 5.91 Å². The standard InChI is InChI=1S/C17H26N2O2/c1-3-10-19-11-8-15(9-12-19)18-17(20)14-6-5-7-16(13-14)21-4-2/h5-7,13,15H,3-4,8-12H2,1-2H3,(H,18,20). The lowest BCUT2D eigenvalue weighted by Gasteiger charge is -2.32. The van der Waals surface area contributed by atoms with Crippen LogP contribution >= 0.6 is 0 Å². The third-order valence-corrected chi connectivity index (χ3v) is 3.87. The molecule has 1 heterocycles. The zero-order chi connectivity index (χ0) is 15.1. The fourth-order valence-electron chi connectivity index (χ4n) is 2.78. The van der Waals surface area contributed by atoms with Gasteiger partial charge in [0.15, 0.2) is 0 Å². The highest BCUT2D eigenvalue weighted by atomic mass is 16.5. The van der Waals surface area contributed by atoms with Crippen molar-refractivity contribution in [1.82, 2.24) is 10.2 Å². The third kappa shape index (κ3) is 4.74. The van der Waals surface area contributed by atoms with Gasteiger partial charge >= 0.3 is 0 Å². The molecule has 0 atom stereocenters. The van der Waals surface area contributed by atoms with Crippen molar-refractivity contribution in [2.24, 2.45) is 0 Å². The van der Waals surface area contributed by atoms with Gasteiger partial charge in [0.05, 0.1) is 6.61 Å². The van der Waals surface area contributed by atoms with E-state index in [9.17, 15) is 4.79 Å². The van der Waals surface area contributed by atoms with Crippen LogP contribution in [0.3, 0.4) is 0 Å². The second-order valence-corrected chi connectivity index (χ2v) is 5.55. The molecular formula is C17H26N2O2. The van der Waals surface area contributed by atoms with Gasteiger partial charge in [-0.2, -0.15) is 0 Å². The smallest absolute Gasteiger partial charge is 0.251 e. The van der Waals surface area contributed by atoms with Gasteiger partial charge < -0.3 is 15.0 Å². The molecule has 1 aromatic carbocycles. The van der Waals surface area contributed by atoms with Gasteiger partial charge in [-0.15, -0.1) is 0 Å². The first kappa shape index (κ1) is 15.8. The molecule has 1 saturated heterocycles. The molecule has 116 valence electrons. The number of likely N-dealkylation sites (tertiary alicyclic amines) is 1. The molecule has 2 rings (SSSR count). The van der Waals surface area contributed by atoms with Crippen LogP contribution in [0.2, 0.25) is 0 Å². The lowest BCUT2D eigenvalue weighted by Crippen LogP contribution is -2.44. The number of carbonyl (C=O) groups excluding carboxylic acids is 1. The number of nitrogens with one attached hydrogen (secondary N) is 1. The van der Waals surface area contributed by atoms with Crippen molar-refractivity contribution in [2.45, 2.75) is 39.2 Å². The Labute approximate surface area is 127 Å². The van der Waals surface area contributed by atoms with Gasteiger partial charge in [0.2, 0.25) is 0 Å². The topological polar surface area (TPSA) is 41.6 Å². The Morgan fingerprint density at radius 2 is 2.10 bits per heavy atom. The summed E-state index contributed by atoms with van der Waals surface area (Å²) in [4.78, 5) is 14.8. The molecule has 0 aromatic heterocycles. The number of piperidine rings is 1. The minimum Gasteiger partial charge on any atom is -0.494 e. The molecular weight excluding hydrogens is 264 g/mol. The van der Waals surface area contributed by atoms with Gasteiger partial charge in [-0.1, -0.05) is 13.0 Å². The average Bonchev–Trinajstić information content (AvgIpc) is 2.50. The van der Waals surface area contributed by atoms with Crippen molar-refractivity contribution < 1.29 is 9.53 Å². The number of ether oxygens (including phenoxy) is 1. The number of nitrogens with zero attached hydrogens (tertiary/aromatic N) is 1. The molecule has 0 radical (unpaired) electrons. The summed E-state index contributed by atoms with van der Waals surface area (Å²) < 4.78 is 5.44. The monoisotopic (exact) mass is 290 g/mol. The van der Waals surface area contributed by atoms with Crippen molar-refractivity contribution >= 4 is 5.91 Å². The molecule has 1 amide bonds. The summed E-state index contributed by atoms with van der Waals surface area (Å²) in [7, 11) is 0. The van der Waals surface area contributed by atoms with E-state index in [1.807, 2.05) is 31.2 Å². The summed E-state index contributed by atoms with van der Waals surface area (Å²) in [6.45, 7) is 8.09. The van der Waals surface area contributed by atoms with E-state index in [4.69, 9.17) is 4.74 Å². The van der Waals surface area contributed by atoms with Gasteiger partial charge in [0, 0.05) is 24.7 Å². The second-order valence-electron chi connectivity index (χ2n) is 5.55. The number of hydrogen-bond donors (Lipinski definition) is 1. The Balaban J connectivity index is 1.86. The third-order valence-electron chi connectivity index (χ3n) is 3.87. The van der Waals surface area contributed by atoms with E-state index in [2.05, 4.69) is 17.1 Å². The number of carbonyl (C=O) groups is 1. The zero-order valence-electron chi connectivity index (χ0n) is 13.1. The Bertz CT molecular complexity index is 454. The Hall–Kier alpha value is -1.55. The molecule has 0 spiro atoms. The Kier molecular flexibility index (Phi) is 6.05. The number of benzene rings is 1. The van der Waals surface area contributed by atoms with Crippen molar-refractivity contribution in [2.75, 3.05) is 26.2 Å². The maximum atomic E-state index is 12.3. The molecule has 21 heavy (non-hydrogen) atoms. The predicted octanol–water partition coefficient (Wildman–Crippen LogP) is 2.69. The van der Waals surface area contributed by atoms with Crippen molar-refractivity contribution in [1.29, 1.82) is 0 Å². The molecule has 1 aromatic rings. The fourth-order valence-corrected chi connectivity index (χ4v) is 2.78. The highest BCUT2D eigenvalue weighted by molar-refractivity contribution is 5.94. The molecule has 1 aliphatic heterocycles. The van der Waals surface area contributed by atoms with Crippen LogP contribution in [0.4, 0.5) is 0 Å². The molecule has 0 bridgehead atoms. The van der Waals surface area contributed by atoms with E-state index < -0.39 is 0 Å². The van der Waals surface area contributed by atoms with Crippen molar-refractivity contribution in [3.05, 3.63) is 29.8 Å². The first-order valence-electron chi connectivity index (χ1n) is 7.99. The van der Waals surface area contributed by atoms with E-state index >= 15 is 0 Å². The van der Waals surface area contributed by atoms with Crippen molar-refractivity contribution in [3.8, 4) is 5.75 Å². The van der Waals surface area contributed by atoms with Gasteiger partial charge in [-0.05, 0) is 50.9 Å². The molecule has 1 fully saturated rings. The average molecular weight is 290 g/mol. The molecule has 0 saturated carbocycles.